The van der Waals surface area contributed by atoms with Gasteiger partial charge in [0.2, 0.25) is 0 Å². The molecule has 1 heteroatoms. The highest BCUT2D eigenvalue weighted by Gasteiger charge is 2.04. The molecule has 1 rings (SSSR count). The van der Waals surface area contributed by atoms with Crippen LogP contribution in [0.25, 0.3) is 0 Å². The summed E-state index contributed by atoms with van der Waals surface area (Å²) in [6.07, 6.45) is 6.40. The molecule has 0 aliphatic rings. The van der Waals surface area contributed by atoms with Crippen LogP contribution in [0.5, 0.6) is 0 Å². The molecule has 0 N–H and O–H groups in total. The lowest BCUT2D eigenvalue weighted by atomic mass is 10.0. The molecule has 1 nitrogen and oxygen atoms in total. The number of hydrogen-bond donors (Lipinski definition) is 0. The van der Waals surface area contributed by atoms with Gasteiger partial charge in [-0.05, 0) is 31.0 Å². The second-order valence-corrected chi connectivity index (χ2v) is 4.43. The molecule has 1 atom stereocenters. The van der Waals surface area contributed by atoms with E-state index in [0.717, 1.165) is 12.8 Å². The van der Waals surface area contributed by atoms with Gasteiger partial charge >= 0.3 is 0 Å². The number of aliphatic imine (C=N–C) groups is 1. The molecule has 0 heterocycles. The Morgan fingerprint density at radius 2 is 1.94 bits per heavy atom. The van der Waals surface area contributed by atoms with E-state index in [9.17, 15) is 0 Å². The van der Waals surface area contributed by atoms with E-state index in [1.807, 2.05) is 6.07 Å². The maximum absolute atomic E-state index is 4.18. The van der Waals surface area contributed by atoms with Crippen LogP contribution >= 0.6 is 0 Å². The van der Waals surface area contributed by atoms with Gasteiger partial charge in [0.1, 0.15) is 0 Å². The minimum atomic E-state index is 0.303. The Bertz CT molecular complexity index is 325. The van der Waals surface area contributed by atoms with Gasteiger partial charge in [0.15, 0.2) is 0 Å². The van der Waals surface area contributed by atoms with Gasteiger partial charge in [0.25, 0.3) is 0 Å². The highest BCUT2D eigenvalue weighted by Crippen LogP contribution is 2.09. The first-order chi connectivity index (χ1) is 7.72. The summed E-state index contributed by atoms with van der Waals surface area (Å²) in [5, 5.41) is 0. The van der Waals surface area contributed by atoms with Crippen molar-refractivity contribution in [2.24, 2.45) is 10.9 Å². The first-order valence-corrected chi connectivity index (χ1v) is 5.88. The summed E-state index contributed by atoms with van der Waals surface area (Å²) in [5.41, 5.74) is 1.33. The van der Waals surface area contributed by atoms with Crippen LogP contribution in [0.4, 0.5) is 0 Å². The van der Waals surface area contributed by atoms with Gasteiger partial charge in [0.05, 0.1) is 6.04 Å². The molecule has 0 aromatic heterocycles. The summed E-state index contributed by atoms with van der Waals surface area (Å²) >= 11 is 0. The van der Waals surface area contributed by atoms with Gasteiger partial charge in [-0.15, -0.1) is 0 Å². The van der Waals surface area contributed by atoms with Crippen LogP contribution in [0.15, 0.2) is 47.5 Å². The van der Waals surface area contributed by atoms with Crippen LogP contribution in [0.1, 0.15) is 25.8 Å². The number of allylic oxidation sites excluding steroid dienone is 1. The highest BCUT2D eigenvalue weighted by atomic mass is 14.7. The van der Waals surface area contributed by atoms with E-state index < -0.39 is 0 Å². The fraction of sp³-hybridized carbons (Fsp3) is 0.400. The SMILES string of the molecule is C=NC(C/C=C/C(C)C)Cc1ccccc1. The monoisotopic (exact) mass is 215 g/mol. The number of rotatable bonds is 6. The van der Waals surface area contributed by atoms with Crippen LogP contribution in [-0.2, 0) is 6.42 Å². The molecule has 1 aromatic carbocycles. The van der Waals surface area contributed by atoms with Crippen molar-refractivity contribution in [3.05, 3.63) is 48.0 Å². The molecular formula is C15H21N. The lowest BCUT2D eigenvalue weighted by Gasteiger charge is -2.09. The van der Waals surface area contributed by atoms with Crippen molar-refractivity contribution in [3.63, 3.8) is 0 Å². The quantitative estimate of drug-likeness (QED) is 0.504. The fourth-order valence-corrected chi connectivity index (χ4v) is 1.62. The summed E-state index contributed by atoms with van der Waals surface area (Å²) in [5.74, 6) is 0.613. The zero-order valence-corrected chi connectivity index (χ0v) is 10.3. The summed E-state index contributed by atoms with van der Waals surface area (Å²) in [4.78, 5) is 4.18. The topological polar surface area (TPSA) is 12.4 Å². The Morgan fingerprint density at radius 1 is 1.25 bits per heavy atom. The molecule has 0 aliphatic carbocycles. The average Bonchev–Trinajstić information content (AvgIpc) is 2.28. The normalized spacial score (nSPS) is 13.2. The number of benzene rings is 1. The molecule has 0 saturated carbocycles. The molecule has 0 saturated heterocycles. The second kappa shape index (κ2) is 7.00. The molecule has 1 aromatic rings. The predicted molar refractivity (Wildman–Crippen MR) is 72.1 cm³/mol. The van der Waals surface area contributed by atoms with Gasteiger partial charge < -0.3 is 0 Å². The van der Waals surface area contributed by atoms with Crippen LogP contribution in [0.3, 0.4) is 0 Å². The highest BCUT2D eigenvalue weighted by molar-refractivity contribution is 5.25. The maximum Gasteiger partial charge on any atom is 0.0567 e. The molecule has 0 spiro atoms. The Labute approximate surface area is 98.9 Å². The molecule has 0 radical (unpaired) electrons. The van der Waals surface area contributed by atoms with Crippen LogP contribution in [0, 0.1) is 5.92 Å². The van der Waals surface area contributed by atoms with E-state index >= 15 is 0 Å². The smallest absolute Gasteiger partial charge is 0.0567 e. The lowest BCUT2D eigenvalue weighted by Crippen LogP contribution is -2.06. The van der Waals surface area contributed by atoms with Gasteiger partial charge in [-0.25, -0.2) is 0 Å². The minimum absolute atomic E-state index is 0.303. The van der Waals surface area contributed by atoms with Crippen molar-refractivity contribution in [2.75, 3.05) is 0 Å². The van der Waals surface area contributed by atoms with Crippen molar-refractivity contribution < 1.29 is 0 Å². The third-order valence-corrected chi connectivity index (χ3v) is 2.50. The van der Waals surface area contributed by atoms with Crippen LogP contribution in [0.2, 0.25) is 0 Å². The maximum atomic E-state index is 4.18. The molecule has 0 fully saturated rings. The lowest BCUT2D eigenvalue weighted by molar-refractivity contribution is 0.681. The third kappa shape index (κ3) is 4.92. The molecule has 16 heavy (non-hydrogen) atoms. The molecule has 0 amide bonds. The Hall–Kier alpha value is -1.37. The van der Waals surface area contributed by atoms with E-state index in [2.05, 4.69) is 62.0 Å². The van der Waals surface area contributed by atoms with Gasteiger partial charge in [0, 0.05) is 0 Å². The van der Waals surface area contributed by atoms with Crippen molar-refractivity contribution in [2.45, 2.75) is 32.7 Å². The zero-order valence-electron chi connectivity index (χ0n) is 10.3. The first kappa shape index (κ1) is 12.7. The van der Waals surface area contributed by atoms with E-state index in [0.29, 0.717) is 12.0 Å². The van der Waals surface area contributed by atoms with Crippen LogP contribution in [-0.4, -0.2) is 12.8 Å². The third-order valence-electron chi connectivity index (χ3n) is 2.50. The van der Waals surface area contributed by atoms with E-state index in [1.54, 1.807) is 0 Å². The molecule has 0 aliphatic heterocycles. The molecule has 86 valence electrons. The Balaban J connectivity index is 2.47. The number of nitrogens with zero attached hydrogens (tertiary/aromatic N) is 1. The summed E-state index contributed by atoms with van der Waals surface area (Å²) in [6, 6.07) is 10.8. The molecule has 0 bridgehead atoms. The predicted octanol–water partition coefficient (Wildman–Crippen LogP) is 3.90. The van der Waals surface area contributed by atoms with Gasteiger partial charge in [-0.2, -0.15) is 0 Å². The van der Waals surface area contributed by atoms with E-state index in [1.165, 1.54) is 5.56 Å². The average molecular weight is 215 g/mol. The van der Waals surface area contributed by atoms with Crippen molar-refractivity contribution in [1.82, 2.24) is 0 Å². The zero-order chi connectivity index (χ0) is 11.8. The van der Waals surface area contributed by atoms with Crippen LogP contribution < -0.4 is 0 Å². The summed E-state index contributed by atoms with van der Waals surface area (Å²) in [7, 11) is 0. The standard InChI is InChI=1S/C15H21N/c1-13(2)8-7-11-15(16-3)12-14-9-5-4-6-10-14/h4-10,13,15H,3,11-12H2,1-2H3/b8-7+. The van der Waals surface area contributed by atoms with Crippen molar-refractivity contribution >= 4 is 6.72 Å². The summed E-state index contributed by atoms with van der Waals surface area (Å²) in [6.45, 7) is 8.04. The van der Waals surface area contributed by atoms with Crippen molar-refractivity contribution in [3.8, 4) is 0 Å². The number of hydrogen-bond acceptors (Lipinski definition) is 1. The Morgan fingerprint density at radius 3 is 2.50 bits per heavy atom. The minimum Gasteiger partial charge on any atom is -0.297 e. The largest absolute Gasteiger partial charge is 0.297 e. The van der Waals surface area contributed by atoms with E-state index in [4.69, 9.17) is 0 Å². The van der Waals surface area contributed by atoms with Crippen molar-refractivity contribution in [1.29, 1.82) is 0 Å². The van der Waals surface area contributed by atoms with Gasteiger partial charge in [-0.1, -0.05) is 56.3 Å². The molecule has 1 unspecified atom stereocenters. The fourth-order valence-electron chi connectivity index (χ4n) is 1.62. The van der Waals surface area contributed by atoms with Gasteiger partial charge in [-0.3, -0.25) is 4.99 Å². The van der Waals surface area contributed by atoms with E-state index in [-0.39, 0.29) is 0 Å². The molecular weight excluding hydrogens is 194 g/mol. The first-order valence-electron chi connectivity index (χ1n) is 5.88. The summed E-state index contributed by atoms with van der Waals surface area (Å²) < 4.78 is 0. The second-order valence-electron chi connectivity index (χ2n) is 4.43. The Kier molecular flexibility index (Phi) is 5.55.